The number of nitrogens with zero attached hydrogens (tertiary/aromatic N) is 1. The molecule has 1 N–H and O–H groups in total. The zero-order valence-corrected chi connectivity index (χ0v) is 12.1. The molecule has 2 nitrogen and oxygen atoms in total. The van der Waals surface area contributed by atoms with E-state index in [1.54, 1.807) is 0 Å². The minimum atomic E-state index is 0.427. The van der Waals surface area contributed by atoms with Gasteiger partial charge in [0.2, 0.25) is 0 Å². The molecule has 0 bridgehead atoms. The lowest BCUT2D eigenvalue weighted by atomic mass is 10.1. The molecule has 2 rings (SSSR count). The average Bonchev–Trinajstić information content (AvgIpc) is 2.92. The smallest absolute Gasteiger partial charge is 0.0990 e. The maximum absolute atomic E-state index is 4.89. The first kappa shape index (κ1) is 13.0. The second kappa shape index (κ2) is 5.49. The van der Waals surface area contributed by atoms with E-state index in [1.165, 1.54) is 41.3 Å². The summed E-state index contributed by atoms with van der Waals surface area (Å²) in [5.41, 5.74) is 1.78. The van der Waals surface area contributed by atoms with E-state index in [2.05, 4.69) is 26.1 Å². The molecule has 1 heterocycles. The van der Waals surface area contributed by atoms with E-state index in [1.807, 2.05) is 11.3 Å². The minimum absolute atomic E-state index is 0.427. The van der Waals surface area contributed by atoms with Crippen LogP contribution in [-0.2, 0) is 18.4 Å². The lowest BCUT2D eigenvalue weighted by Crippen LogP contribution is -2.13. The fraction of sp³-hybridized carbons (Fsp3) is 0.786. The Morgan fingerprint density at radius 2 is 2.06 bits per heavy atom. The highest BCUT2D eigenvalue weighted by Crippen LogP contribution is 2.49. The van der Waals surface area contributed by atoms with Crippen LogP contribution >= 0.6 is 11.3 Å². The van der Waals surface area contributed by atoms with Gasteiger partial charge in [-0.2, -0.15) is 0 Å². The van der Waals surface area contributed by atoms with Crippen LogP contribution in [0.3, 0.4) is 0 Å². The van der Waals surface area contributed by atoms with Crippen LogP contribution in [0, 0.1) is 0 Å². The largest absolute Gasteiger partial charge is 0.312 e. The molecule has 3 heteroatoms. The summed E-state index contributed by atoms with van der Waals surface area (Å²) in [4.78, 5) is 6.37. The van der Waals surface area contributed by atoms with E-state index >= 15 is 0 Å². The average molecular weight is 252 g/mol. The molecule has 96 valence electrons. The highest BCUT2D eigenvalue weighted by molar-refractivity contribution is 7.12. The Labute approximate surface area is 109 Å². The Balaban J connectivity index is 2.08. The highest BCUT2D eigenvalue weighted by atomic mass is 32.1. The lowest BCUT2D eigenvalue weighted by molar-refractivity contribution is 0.674. The first-order chi connectivity index (χ1) is 8.19. The first-order valence-corrected chi connectivity index (χ1v) is 7.71. The zero-order chi connectivity index (χ0) is 12.3. The highest BCUT2D eigenvalue weighted by Gasteiger charge is 2.42. The fourth-order valence-corrected chi connectivity index (χ4v) is 3.27. The van der Waals surface area contributed by atoms with Crippen molar-refractivity contribution >= 4 is 11.3 Å². The molecule has 0 unspecified atom stereocenters. The second-order valence-electron chi connectivity index (χ2n) is 5.38. The van der Waals surface area contributed by atoms with Crippen molar-refractivity contribution in [3.05, 3.63) is 15.6 Å². The number of nitrogens with one attached hydrogen (secondary N) is 1. The summed E-state index contributed by atoms with van der Waals surface area (Å²) in [6, 6.07) is 0. The summed E-state index contributed by atoms with van der Waals surface area (Å²) in [6.07, 6.45) is 6.19. The normalized spacial score (nSPS) is 17.4. The molecule has 17 heavy (non-hydrogen) atoms. The topological polar surface area (TPSA) is 24.9 Å². The fourth-order valence-electron chi connectivity index (χ4n) is 1.99. The van der Waals surface area contributed by atoms with Crippen molar-refractivity contribution in [1.82, 2.24) is 10.3 Å². The molecule has 0 spiro atoms. The van der Waals surface area contributed by atoms with Crippen molar-refractivity contribution in [2.24, 2.45) is 0 Å². The van der Waals surface area contributed by atoms with Gasteiger partial charge in [0.15, 0.2) is 0 Å². The lowest BCUT2D eigenvalue weighted by Gasteiger charge is -2.02. The third-order valence-corrected chi connectivity index (χ3v) is 4.90. The number of hydrogen-bond acceptors (Lipinski definition) is 3. The van der Waals surface area contributed by atoms with E-state index in [9.17, 15) is 0 Å². The maximum Gasteiger partial charge on any atom is 0.0990 e. The SMILES string of the molecule is CCCNCc1sc(C2(C)CC2)nc1CCC. The van der Waals surface area contributed by atoms with Gasteiger partial charge in [-0.15, -0.1) is 11.3 Å². The second-order valence-corrected chi connectivity index (χ2v) is 6.46. The molecule has 1 aliphatic carbocycles. The van der Waals surface area contributed by atoms with Gasteiger partial charge in [-0.1, -0.05) is 27.2 Å². The molecule has 0 radical (unpaired) electrons. The molecule has 1 saturated carbocycles. The van der Waals surface area contributed by atoms with Gasteiger partial charge >= 0.3 is 0 Å². The summed E-state index contributed by atoms with van der Waals surface area (Å²) in [5.74, 6) is 0. The van der Waals surface area contributed by atoms with Crippen LogP contribution in [-0.4, -0.2) is 11.5 Å². The van der Waals surface area contributed by atoms with Crippen molar-refractivity contribution in [3.8, 4) is 0 Å². The molecule has 0 saturated heterocycles. The molecule has 1 aliphatic rings. The number of thiazole rings is 1. The van der Waals surface area contributed by atoms with Gasteiger partial charge in [-0.05, 0) is 32.2 Å². The van der Waals surface area contributed by atoms with E-state index < -0.39 is 0 Å². The molecule has 0 amide bonds. The summed E-state index contributed by atoms with van der Waals surface area (Å²) >= 11 is 1.95. The zero-order valence-electron chi connectivity index (χ0n) is 11.3. The van der Waals surface area contributed by atoms with E-state index in [-0.39, 0.29) is 0 Å². The Morgan fingerprint density at radius 3 is 2.65 bits per heavy atom. The maximum atomic E-state index is 4.89. The summed E-state index contributed by atoms with van der Waals surface area (Å²) < 4.78 is 0. The Bertz CT molecular complexity index is 366. The minimum Gasteiger partial charge on any atom is -0.312 e. The molecule has 1 aromatic rings. The summed E-state index contributed by atoms with van der Waals surface area (Å²) in [6.45, 7) is 8.92. The van der Waals surface area contributed by atoms with E-state index in [0.717, 1.165) is 19.5 Å². The van der Waals surface area contributed by atoms with E-state index in [4.69, 9.17) is 4.98 Å². The van der Waals surface area contributed by atoms with Gasteiger partial charge in [-0.3, -0.25) is 0 Å². The first-order valence-electron chi connectivity index (χ1n) is 6.89. The summed E-state index contributed by atoms with van der Waals surface area (Å²) in [5, 5.41) is 4.89. The summed E-state index contributed by atoms with van der Waals surface area (Å²) in [7, 11) is 0. The molecule has 0 aliphatic heterocycles. The van der Waals surface area contributed by atoms with Gasteiger partial charge in [-0.25, -0.2) is 4.98 Å². The monoisotopic (exact) mass is 252 g/mol. The molecule has 1 fully saturated rings. The third kappa shape index (κ3) is 3.08. The number of aryl methyl sites for hydroxylation is 1. The molecule has 1 aromatic heterocycles. The van der Waals surface area contributed by atoms with Gasteiger partial charge in [0.1, 0.15) is 0 Å². The molecular formula is C14H24N2S. The van der Waals surface area contributed by atoms with Crippen molar-refractivity contribution in [2.75, 3.05) is 6.54 Å². The molecular weight excluding hydrogens is 228 g/mol. The van der Waals surface area contributed by atoms with Crippen LogP contribution in [0.5, 0.6) is 0 Å². The van der Waals surface area contributed by atoms with Crippen molar-refractivity contribution in [1.29, 1.82) is 0 Å². The third-order valence-electron chi connectivity index (χ3n) is 3.49. The molecule has 0 atom stereocenters. The Kier molecular flexibility index (Phi) is 4.21. The van der Waals surface area contributed by atoms with Crippen LogP contribution in [0.15, 0.2) is 0 Å². The predicted molar refractivity (Wildman–Crippen MR) is 74.7 cm³/mol. The Hall–Kier alpha value is -0.410. The van der Waals surface area contributed by atoms with E-state index in [0.29, 0.717) is 5.41 Å². The van der Waals surface area contributed by atoms with Crippen LogP contribution < -0.4 is 5.32 Å². The van der Waals surface area contributed by atoms with Crippen LogP contribution in [0.2, 0.25) is 0 Å². The van der Waals surface area contributed by atoms with Crippen molar-refractivity contribution in [3.63, 3.8) is 0 Å². The van der Waals surface area contributed by atoms with Gasteiger partial charge in [0.05, 0.1) is 10.7 Å². The van der Waals surface area contributed by atoms with Crippen LogP contribution in [0.4, 0.5) is 0 Å². The quantitative estimate of drug-likeness (QED) is 0.749. The Morgan fingerprint density at radius 1 is 1.29 bits per heavy atom. The number of aromatic nitrogens is 1. The van der Waals surface area contributed by atoms with Crippen molar-refractivity contribution in [2.45, 2.75) is 64.8 Å². The number of hydrogen-bond donors (Lipinski definition) is 1. The number of rotatable bonds is 7. The van der Waals surface area contributed by atoms with Gasteiger partial charge in [0.25, 0.3) is 0 Å². The standard InChI is InChI=1S/C14H24N2S/c1-4-6-11-12(10-15-9-5-2)17-13(16-11)14(3)7-8-14/h15H,4-10H2,1-3H3. The van der Waals surface area contributed by atoms with Gasteiger partial charge < -0.3 is 5.32 Å². The van der Waals surface area contributed by atoms with Crippen LogP contribution in [0.1, 0.15) is 62.0 Å². The molecule has 0 aromatic carbocycles. The van der Waals surface area contributed by atoms with Crippen LogP contribution in [0.25, 0.3) is 0 Å². The van der Waals surface area contributed by atoms with Gasteiger partial charge in [0, 0.05) is 16.8 Å². The van der Waals surface area contributed by atoms with Crippen molar-refractivity contribution < 1.29 is 0 Å². The predicted octanol–water partition coefficient (Wildman–Crippen LogP) is 3.65.